The molecule has 2 aromatic rings. The molecule has 0 spiro atoms. The summed E-state index contributed by atoms with van der Waals surface area (Å²) in [5, 5.41) is 10.5. The summed E-state index contributed by atoms with van der Waals surface area (Å²) in [5.74, 6) is -0.382. The van der Waals surface area contributed by atoms with Crippen molar-refractivity contribution >= 4 is 11.6 Å². The third-order valence-corrected chi connectivity index (χ3v) is 3.15. The van der Waals surface area contributed by atoms with Gasteiger partial charge in [0.1, 0.15) is 11.9 Å². The van der Waals surface area contributed by atoms with E-state index < -0.39 is 6.10 Å². The lowest BCUT2D eigenvalue weighted by Gasteiger charge is -2.13. The van der Waals surface area contributed by atoms with Crippen molar-refractivity contribution in [1.82, 2.24) is 4.98 Å². The summed E-state index contributed by atoms with van der Waals surface area (Å²) in [5.41, 5.74) is 2.25. The number of hydrogen-bond acceptors (Lipinski definition) is 2. The third-order valence-electron chi connectivity index (χ3n) is 2.79. The van der Waals surface area contributed by atoms with Gasteiger partial charge < -0.3 is 5.11 Å². The molecule has 0 bridgehead atoms. The molecular formula is C14H13ClFNO. The number of pyridine rings is 1. The van der Waals surface area contributed by atoms with Gasteiger partial charge >= 0.3 is 0 Å². The first-order chi connectivity index (χ1) is 8.58. The van der Waals surface area contributed by atoms with Crippen LogP contribution in [0.2, 0.25) is 5.02 Å². The molecule has 0 aliphatic carbocycles. The SMILES string of the molecule is Cc1cccnc1C(O)Cc1ccc(F)cc1Cl. The van der Waals surface area contributed by atoms with Gasteiger partial charge in [0.2, 0.25) is 0 Å². The van der Waals surface area contributed by atoms with Crippen LogP contribution in [-0.4, -0.2) is 10.1 Å². The molecule has 94 valence electrons. The van der Waals surface area contributed by atoms with Gasteiger partial charge in [0.15, 0.2) is 0 Å². The van der Waals surface area contributed by atoms with Gasteiger partial charge in [0, 0.05) is 17.6 Å². The van der Waals surface area contributed by atoms with E-state index in [9.17, 15) is 9.50 Å². The molecule has 1 heterocycles. The van der Waals surface area contributed by atoms with Crippen molar-refractivity contribution in [3.8, 4) is 0 Å². The molecule has 4 heteroatoms. The number of aliphatic hydroxyl groups is 1. The second kappa shape index (κ2) is 5.46. The Morgan fingerprint density at radius 1 is 1.39 bits per heavy atom. The normalized spacial score (nSPS) is 12.4. The summed E-state index contributed by atoms with van der Waals surface area (Å²) in [7, 11) is 0. The van der Waals surface area contributed by atoms with Gasteiger partial charge in [-0.25, -0.2) is 4.39 Å². The van der Waals surface area contributed by atoms with Crippen molar-refractivity contribution in [2.45, 2.75) is 19.4 Å². The zero-order valence-electron chi connectivity index (χ0n) is 9.90. The van der Waals surface area contributed by atoms with E-state index >= 15 is 0 Å². The number of halogens is 2. The lowest BCUT2D eigenvalue weighted by atomic mass is 10.0. The highest BCUT2D eigenvalue weighted by atomic mass is 35.5. The quantitative estimate of drug-likeness (QED) is 0.922. The zero-order valence-corrected chi connectivity index (χ0v) is 10.7. The van der Waals surface area contributed by atoms with Crippen LogP contribution in [0.5, 0.6) is 0 Å². The van der Waals surface area contributed by atoms with E-state index in [1.54, 1.807) is 12.3 Å². The molecule has 2 rings (SSSR count). The zero-order chi connectivity index (χ0) is 13.1. The van der Waals surface area contributed by atoms with Gasteiger partial charge in [-0.3, -0.25) is 4.98 Å². The fraction of sp³-hybridized carbons (Fsp3) is 0.214. The average Bonchev–Trinajstić information content (AvgIpc) is 2.33. The van der Waals surface area contributed by atoms with Gasteiger partial charge in [-0.2, -0.15) is 0 Å². The van der Waals surface area contributed by atoms with Crippen molar-refractivity contribution in [2.24, 2.45) is 0 Å². The highest BCUT2D eigenvalue weighted by Crippen LogP contribution is 2.24. The molecule has 2 nitrogen and oxygen atoms in total. The highest BCUT2D eigenvalue weighted by molar-refractivity contribution is 6.31. The minimum atomic E-state index is -0.742. The fourth-order valence-corrected chi connectivity index (χ4v) is 2.08. The lowest BCUT2D eigenvalue weighted by molar-refractivity contribution is 0.173. The topological polar surface area (TPSA) is 33.1 Å². The number of aliphatic hydroxyl groups excluding tert-OH is 1. The molecular weight excluding hydrogens is 253 g/mol. The molecule has 0 saturated carbocycles. The predicted molar refractivity (Wildman–Crippen MR) is 69.0 cm³/mol. The highest BCUT2D eigenvalue weighted by Gasteiger charge is 2.14. The van der Waals surface area contributed by atoms with Gasteiger partial charge in [0.25, 0.3) is 0 Å². The van der Waals surface area contributed by atoms with Crippen LogP contribution < -0.4 is 0 Å². The second-order valence-electron chi connectivity index (χ2n) is 4.16. The third kappa shape index (κ3) is 2.86. The monoisotopic (exact) mass is 265 g/mol. The van der Waals surface area contributed by atoms with Crippen LogP contribution >= 0.6 is 11.6 Å². The number of hydrogen-bond donors (Lipinski definition) is 1. The minimum absolute atomic E-state index is 0.316. The number of aromatic nitrogens is 1. The fourth-order valence-electron chi connectivity index (χ4n) is 1.84. The van der Waals surface area contributed by atoms with E-state index in [-0.39, 0.29) is 5.82 Å². The van der Waals surface area contributed by atoms with Crippen LogP contribution in [0.15, 0.2) is 36.5 Å². The van der Waals surface area contributed by atoms with Crippen LogP contribution in [-0.2, 0) is 6.42 Å². The molecule has 1 aromatic carbocycles. The van der Waals surface area contributed by atoms with Crippen molar-refractivity contribution in [3.63, 3.8) is 0 Å². The van der Waals surface area contributed by atoms with E-state index in [0.717, 1.165) is 5.56 Å². The summed E-state index contributed by atoms with van der Waals surface area (Å²) in [6.07, 6.45) is 1.21. The Hall–Kier alpha value is -1.45. The minimum Gasteiger partial charge on any atom is -0.386 e. The smallest absolute Gasteiger partial charge is 0.124 e. The van der Waals surface area contributed by atoms with Crippen molar-refractivity contribution in [2.75, 3.05) is 0 Å². The standard InChI is InChI=1S/C14H13ClFNO/c1-9-3-2-6-17-14(9)13(18)7-10-4-5-11(16)8-12(10)15/h2-6,8,13,18H,7H2,1H3. The molecule has 0 amide bonds. The molecule has 1 N–H and O–H groups in total. The molecule has 0 aliphatic rings. The first kappa shape index (κ1) is 13.0. The van der Waals surface area contributed by atoms with Crippen molar-refractivity contribution < 1.29 is 9.50 Å². The number of nitrogens with zero attached hydrogens (tertiary/aromatic N) is 1. The van der Waals surface area contributed by atoms with E-state index in [1.807, 2.05) is 19.1 Å². The van der Waals surface area contributed by atoms with Gasteiger partial charge in [-0.05, 0) is 36.2 Å². The molecule has 18 heavy (non-hydrogen) atoms. The molecule has 0 fully saturated rings. The van der Waals surface area contributed by atoms with Crippen LogP contribution in [0.25, 0.3) is 0 Å². The number of rotatable bonds is 3. The predicted octanol–water partition coefficient (Wildman–Crippen LogP) is 3.46. The van der Waals surface area contributed by atoms with Crippen molar-refractivity contribution in [3.05, 3.63) is 64.2 Å². The molecule has 0 aliphatic heterocycles. The van der Waals surface area contributed by atoms with Crippen LogP contribution in [0.1, 0.15) is 22.9 Å². The molecule has 0 saturated heterocycles. The Kier molecular flexibility index (Phi) is 3.94. The summed E-state index contributed by atoms with van der Waals surface area (Å²) >= 11 is 5.93. The van der Waals surface area contributed by atoms with E-state index in [1.165, 1.54) is 12.1 Å². The summed E-state index contributed by atoms with van der Waals surface area (Å²) in [6, 6.07) is 7.86. The van der Waals surface area contributed by atoms with Crippen LogP contribution in [0.4, 0.5) is 4.39 Å². The van der Waals surface area contributed by atoms with Crippen LogP contribution in [0, 0.1) is 12.7 Å². The Bertz CT molecular complexity index is 559. The first-order valence-corrected chi connectivity index (χ1v) is 5.99. The Labute approximate surface area is 110 Å². The maximum atomic E-state index is 12.9. The molecule has 1 unspecified atom stereocenters. The van der Waals surface area contributed by atoms with Crippen molar-refractivity contribution in [1.29, 1.82) is 0 Å². The van der Waals surface area contributed by atoms with E-state index in [0.29, 0.717) is 22.7 Å². The Balaban J connectivity index is 2.21. The maximum absolute atomic E-state index is 12.9. The largest absolute Gasteiger partial charge is 0.386 e. The Morgan fingerprint density at radius 3 is 2.83 bits per heavy atom. The Morgan fingerprint density at radius 2 is 2.17 bits per heavy atom. The molecule has 0 radical (unpaired) electrons. The average molecular weight is 266 g/mol. The molecule has 1 aromatic heterocycles. The van der Waals surface area contributed by atoms with Gasteiger partial charge in [0.05, 0.1) is 5.69 Å². The first-order valence-electron chi connectivity index (χ1n) is 5.61. The number of benzene rings is 1. The second-order valence-corrected chi connectivity index (χ2v) is 4.57. The maximum Gasteiger partial charge on any atom is 0.124 e. The van der Waals surface area contributed by atoms with E-state index in [2.05, 4.69) is 4.98 Å². The van der Waals surface area contributed by atoms with E-state index in [4.69, 9.17) is 11.6 Å². The molecule has 1 atom stereocenters. The summed E-state index contributed by atoms with van der Waals surface area (Å²) in [6.45, 7) is 1.89. The summed E-state index contributed by atoms with van der Waals surface area (Å²) < 4.78 is 12.9. The van der Waals surface area contributed by atoms with Gasteiger partial charge in [-0.1, -0.05) is 23.7 Å². The summed E-state index contributed by atoms with van der Waals surface area (Å²) in [4.78, 5) is 4.15. The van der Waals surface area contributed by atoms with Gasteiger partial charge in [-0.15, -0.1) is 0 Å². The lowest BCUT2D eigenvalue weighted by Crippen LogP contribution is -2.06. The van der Waals surface area contributed by atoms with Crippen LogP contribution in [0.3, 0.4) is 0 Å². The number of aryl methyl sites for hydroxylation is 1.